The van der Waals surface area contributed by atoms with Crippen LogP contribution in [0.5, 0.6) is 0 Å². The SMILES string of the molecule is Cc1cccc(NC(=O)[C@H]2CCCN2C2=NS(=O)(=O)c3ccccc32)c1. The molecule has 2 heterocycles. The van der Waals surface area contributed by atoms with Crippen LogP contribution >= 0.6 is 0 Å². The number of hydrogen-bond acceptors (Lipinski definition) is 4. The number of carbonyl (C=O) groups is 1. The Morgan fingerprint density at radius 3 is 2.81 bits per heavy atom. The number of aryl methyl sites for hydroxylation is 1. The summed E-state index contributed by atoms with van der Waals surface area (Å²) in [6.45, 7) is 2.57. The number of amidine groups is 1. The van der Waals surface area contributed by atoms with E-state index < -0.39 is 16.1 Å². The number of carbonyl (C=O) groups excluding carboxylic acids is 1. The predicted octanol–water partition coefficient (Wildman–Crippen LogP) is 2.55. The molecule has 1 saturated heterocycles. The number of nitrogens with one attached hydrogen (secondary N) is 1. The van der Waals surface area contributed by atoms with E-state index in [2.05, 4.69) is 9.71 Å². The highest BCUT2D eigenvalue weighted by Crippen LogP contribution is 2.31. The van der Waals surface area contributed by atoms with Crippen molar-refractivity contribution in [1.29, 1.82) is 0 Å². The maximum absolute atomic E-state index is 12.8. The van der Waals surface area contributed by atoms with Crippen LogP contribution < -0.4 is 5.32 Å². The average molecular weight is 369 g/mol. The fourth-order valence-electron chi connectivity index (χ4n) is 3.54. The van der Waals surface area contributed by atoms with E-state index >= 15 is 0 Å². The molecule has 0 unspecified atom stereocenters. The van der Waals surface area contributed by atoms with Crippen LogP contribution in [0.3, 0.4) is 0 Å². The van der Waals surface area contributed by atoms with Crippen molar-refractivity contribution >= 4 is 27.5 Å². The Morgan fingerprint density at radius 2 is 2.00 bits per heavy atom. The lowest BCUT2D eigenvalue weighted by Crippen LogP contribution is -2.43. The van der Waals surface area contributed by atoms with Gasteiger partial charge in [0.25, 0.3) is 10.0 Å². The van der Waals surface area contributed by atoms with E-state index in [1.54, 1.807) is 24.3 Å². The quantitative estimate of drug-likeness (QED) is 0.882. The molecule has 134 valence electrons. The van der Waals surface area contributed by atoms with Gasteiger partial charge in [-0.05, 0) is 49.6 Å². The molecule has 6 nitrogen and oxygen atoms in total. The number of sulfonamides is 1. The van der Waals surface area contributed by atoms with Crippen LogP contribution in [0.4, 0.5) is 5.69 Å². The van der Waals surface area contributed by atoms with Crippen LogP contribution in [0.15, 0.2) is 57.8 Å². The maximum Gasteiger partial charge on any atom is 0.285 e. The monoisotopic (exact) mass is 369 g/mol. The highest BCUT2D eigenvalue weighted by atomic mass is 32.2. The molecule has 1 fully saturated rings. The number of nitrogens with zero attached hydrogens (tertiary/aromatic N) is 2. The second kappa shape index (κ2) is 6.25. The minimum atomic E-state index is -3.69. The number of benzene rings is 2. The van der Waals surface area contributed by atoms with Gasteiger partial charge < -0.3 is 10.2 Å². The molecule has 0 saturated carbocycles. The minimum absolute atomic E-state index is 0.141. The van der Waals surface area contributed by atoms with Crippen LogP contribution in [-0.4, -0.2) is 37.6 Å². The smallest absolute Gasteiger partial charge is 0.285 e. The standard InChI is InChI=1S/C19H19N3O3S/c1-13-6-4-7-14(12-13)20-19(23)16-9-5-11-22(16)18-15-8-2-3-10-17(15)26(24,25)21-18/h2-4,6-8,10,12,16H,5,9,11H2,1H3,(H,20,23)/t16-/m1/s1. The fraction of sp³-hybridized carbons (Fsp3) is 0.263. The molecule has 4 rings (SSSR count). The highest BCUT2D eigenvalue weighted by molar-refractivity contribution is 7.90. The third-order valence-corrected chi connectivity index (χ3v) is 6.05. The summed E-state index contributed by atoms with van der Waals surface area (Å²) in [7, 11) is -3.69. The molecule has 1 atom stereocenters. The van der Waals surface area contributed by atoms with Crippen molar-refractivity contribution < 1.29 is 13.2 Å². The summed E-state index contributed by atoms with van der Waals surface area (Å²) in [5.74, 6) is 0.236. The van der Waals surface area contributed by atoms with Gasteiger partial charge in [0, 0.05) is 17.8 Å². The first-order valence-corrected chi connectivity index (χ1v) is 9.98. The second-order valence-electron chi connectivity index (χ2n) is 6.60. The van der Waals surface area contributed by atoms with Crippen molar-refractivity contribution in [2.24, 2.45) is 4.40 Å². The second-order valence-corrected chi connectivity index (χ2v) is 8.17. The molecular weight excluding hydrogens is 350 g/mol. The van der Waals surface area contributed by atoms with Gasteiger partial charge in [-0.1, -0.05) is 24.3 Å². The Balaban J connectivity index is 1.63. The number of hydrogen-bond donors (Lipinski definition) is 1. The van der Waals surface area contributed by atoms with Crippen LogP contribution in [-0.2, 0) is 14.8 Å². The van der Waals surface area contributed by atoms with Crippen molar-refractivity contribution in [3.63, 3.8) is 0 Å². The van der Waals surface area contributed by atoms with Gasteiger partial charge in [0.1, 0.15) is 10.9 Å². The Hall–Kier alpha value is -2.67. The summed E-state index contributed by atoms with van der Waals surface area (Å²) in [5.41, 5.74) is 2.37. The summed E-state index contributed by atoms with van der Waals surface area (Å²) in [4.78, 5) is 14.8. The third-order valence-electron chi connectivity index (χ3n) is 4.73. The lowest BCUT2D eigenvalue weighted by molar-refractivity contribution is -0.119. The van der Waals surface area contributed by atoms with Gasteiger partial charge in [-0.2, -0.15) is 8.42 Å². The summed E-state index contributed by atoms with van der Waals surface area (Å²) in [6, 6.07) is 13.9. The molecule has 2 aromatic carbocycles. The number of rotatable bonds is 2. The molecule has 0 radical (unpaired) electrons. The first-order valence-electron chi connectivity index (χ1n) is 8.54. The summed E-state index contributed by atoms with van der Waals surface area (Å²) < 4.78 is 28.6. The van der Waals surface area contributed by atoms with Gasteiger partial charge >= 0.3 is 0 Å². The van der Waals surface area contributed by atoms with E-state index in [1.807, 2.05) is 36.1 Å². The molecular formula is C19H19N3O3S. The van der Waals surface area contributed by atoms with Gasteiger partial charge in [-0.25, -0.2) is 0 Å². The van der Waals surface area contributed by atoms with Gasteiger partial charge in [-0.15, -0.1) is 4.40 Å². The number of likely N-dealkylation sites (tertiary alicyclic amines) is 1. The average Bonchev–Trinajstić information content (AvgIpc) is 3.18. The molecule has 26 heavy (non-hydrogen) atoms. The number of amides is 1. The van der Waals surface area contributed by atoms with Gasteiger partial charge in [0.2, 0.25) is 5.91 Å². The van der Waals surface area contributed by atoms with Crippen LogP contribution in [0.1, 0.15) is 24.0 Å². The van der Waals surface area contributed by atoms with Crippen LogP contribution in [0, 0.1) is 6.92 Å². The Bertz CT molecular complexity index is 1010. The van der Waals surface area contributed by atoms with Crippen molar-refractivity contribution in [3.05, 3.63) is 59.7 Å². The Labute approximate surface area is 152 Å². The fourth-order valence-corrected chi connectivity index (χ4v) is 4.75. The van der Waals surface area contributed by atoms with E-state index in [1.165, 1.54) is 0 Å². The minimum Gasteiger partial charge on any atom is -0.343 e. The molecule has 2 aromatic rings. The molecule has 1 amide bonds. The van der Waals surface area contributed by atoms with Crippen LogP contribution in [0.25, 0.3) is 0 Å². The zero-order valence-electron chi connectivity index (χ0n) is 14.3. The van der Waals surface area contributed by atoms with E-state index in [4.69, 9.17) is 0 Å². The molecule has 2 aliphatic heterocycles. The lowest BCUT2D eigenvalue weighted by Gasteiger charge is -2.25. The lowest BCUT2D eigenvalue weighted by atomic mass is 10.1. The topological polar surface area (TPSA) is 78.8 Å². The third kappa shape index (κ3) is 2.88. The normalized spacial score (nSPS) is 20.6. The van der Waals surface area contributed by atoms with E-state index in [0.29, 0.717) is 24.4 Å². The number of fused-ring (bicyclic) bond motifs is 1. The van der Waals surface area contributed by atoms with Crippen LogP contribution in [0.2, 0.25) is 0 Å². The number of anilines is 1. The zero-order chi connectivity index (χ0) is 18.3. The largest absolute Gasteiger partial charge is 0.343 e. The molecule has 1 N–H and O–H groups in total. The zero-order valence-corrected chi connectivity index (χ0v) is 15.2. The molecule has 7 heteroatoms. The van der Waals surface area contributed by atoms with Crippen molar-refractivity contribution in [3.8, 4) is 0 Å². The Kier molecular flexibility index (Phi) is 4.03. The molecule has 0 bridgehead atoms. The molecule has 2 aliphatic rings. The van der Waals surface area contributed by atoms with Crippen molar-refractivity contribution in [2.75, 3.05) is 11.9 Å². The maximum atomic E-state index is 12.8. The van der Waals surface area contributed by atoms with Crippen molar-refractivity contribution in [2.45, 2.75) is 30.7 Å². The van der Waals surface area contributed by atoms with Crippen molar-refractivity contribution in [1.82, 2.24) is 4.90 Å². The first kappa shape index (κ1) is 16.8. The first-order chi connectivity index (χ1) is 12.5. The van der Waals surface area contributed by atoms with E-state index in [0.717, 1.165) is 17.7 Å². The van der Waals surface area contributed by atoms with E-state index in [-0.39, 0.29) is 10.8 Å². The van der Waals surface area contributed by atoms with Gasteiger partial charge in [0.15, 0.2) is 5.84 Å². The summed E-state index contributed by atoms with van der Waals surface area (Å²) in [5, 5.41) is 2.94. The van der Waals surface area contributed by atoms with Gasteiger partial charge in [0.05, 0.1) is 0 Å². The summed E-state index contributed by atoms with van der Waals surface area (Å²) in [6.07, 6.45) is 1.48. The molecule has 0 aliphatic carbocycles. The highest BCUT2D eigenvalue weighted by Gasteiger charge is 2.39. The molecule has 0 spiro atoms. The van der Waals surface area contributed by atoms with Gasteiger partial charge in [-0.3, -0.25) is 4.79 Å². The molecule has 0 aromatic heterocycles. The summed E-state index contributed by atoms with van der Waals surface area (Å²) >= 11 is 0. The Morgan fingerprint density at radius 1 is 1.19 bits per heavy atom. The van der Waals surface area contributed by atoms with E-state index in [9.17, 15) is 13.2 Å². The predicted molar refractivity (Wildman–Crippen MR) is 99.7 cm³/mol.